The molecule has 0 bridgehead atoms. The van der Waals surface area contributed by atoms with E-state index in [2.05, 4.69) is 22.0 Å². The molecule has 1 saturated carbocycles. The molecule has 2 aliphatic carbocycles. The number of benzene rings is 1. The largest absolute Gasteiger partial charge is 0.356 e. The quantitative estimate of drug-likeness (QED) is 0.645. The molecule has 0 heterocycles. The fourth-order valence-electron chi connectivity index (χ4n) is 3.50. The zero-order chi connectivity index (χ0) is 19.2. The third kappa shape index (κ3) is 5.67. The van der Waals surface area contributed by atoms with Crippen LogP contribution in [-0.2, 0) is 14.4 Å². The Morgan fingerprint density at radius 2 is 1.78 bits per heavy atom. The Balaban J connectivity index is 1.42. The summed E-state index contributed by atoms with van der Waals surface area (Å²) in [6, 6.07) is 6.98. The fourth-order valence-corrected chi connectivity index (χ4v) is 3.50. The van der Waals surface area contributed by atoms with Crippen molar-refractivity contribution in [2.75, 3.05) is 17.2 Å². The Labute approximate surface area is 159 Å². The highest BCUT2D eigenvalue weighted by atomic mass is 16.2. The molecular formula is C21H27N3O3. The average Bonchev–Trinajstić information content (AvgIpc) is 3.43. The van der Waals surface area contributed by atoms with Gasteiger partial charge in [0, 0.05) is 24.8 Å². The van der Waals surface area contributed by atoms with Crippen molar-refractivity contribution in [3.8, 4) is 0 Å². The van der Waals surface area contributed by atoms with Crippen LogP contribution in [0.2, 0.25) is 0 Å². The van der Waals surface area contributed by atoms with Crippen molar-refractivity contribution in [1.29, 1.82) is 0 Å². The van der Waals surface area contributed by atoms with Crippen LogP contribution in [0.5, 0.6) is 0 Å². The first kappa shape index (κ1) is 19.1. The van der Waals surface area contributed by atoms with Gasteiger partial charge in [-0.15, -0.1) is 0 Å². The summed E-state index contributed by atoms with van der Waals surface area (Å²) in [5.74, 6) is -0.850. The maximum absolute atomic E-state index is 12.4. The Kier molecular flexibility index (Phi) is 6.27. The topological polar surface area (TPSA) is 87.3 Å². The van der Waals surface area contributed by atoms with Crippen LogP contribution in [0.15, 0.2) is 35.9 Å². The second kappa shape index (κ2) is 8.84. The first-order valence-electron chi connectivity index (χ1n) is 9.67. The van der Waals surface area contributed by atoms with Crippen molar-refractivity contribution >= 4 is 29.1 Å². The summed E-state index contributed by atoms with van der Waals surface area (Å²) < 4.78 is 0. The number of allylic oxidation sites excluding steroid dienone is 1. The van der Waals surface area contributed by atoms with E-state index in [9.17, 15) is 14.4 Å². The molecule has 3 N–H and O–H groups in total. The first-order valence-corrected chi connectivity index (χ1v) is 9.67. The Morgan fingerprint density at radius 1 is 1.04 bits per heavy atom. The van der Waals surface area contributed by atoms with Gasteiger partial charge in [-0.05, 0) is 56.7 Å². The van der Waals surface area contributed by atoms with Crippen LogP contribution in [0.1, 0.15) is 45.4 Å². The van der Waals surface area contributed by atoms with E-state index >= 15 is 0 Å². The highest BCUT2D eigenvalue weighted by Crippen LogP contribution is 2.39. The SMILES string of the molecule is CC(=O)Nc1cccc(NC(=O)C2CC2C(=O)NCCC2=CCCCC2)c1. The van der Waals surface area contributed by atoms with Gasteiger partial charge in [0.1, 0.15) is 0 Å². The standard InChI is InChI=1S/C21H27N3O3/c1-14(25)23-16-8-5-9-17(12-16)24-21(27)19-13-18(19)20(26)22-11-10-15-6-3-2-4-7-15/h5-6,8-9,12,18-19H,2-4,7,10-11,13H2,1H3,(H,22,26)(H,23,25)(H,24,27). The van der Waals surface area contributed by atoms with E-state index in [1.165, 1.54) is 25.3 Å². The van der Waals surface area contributed by atoms with Gasteiger partial charge in [0.25, 0.3) is 0 Å². The lowest BCUT2D eigenvalue weighted by Crippen LogP contribution is -2.28. The molecule has 3 amide bonds. The maximum Gasteiger partial charge on any atom is 0.228 e. The van der Waals surface area contributed by atoms with E-state index in [1.807, 2.05) is 0 Å². The molecule has 0 aliphatic heterocycles. The maximum atomic E-state index is 12.4. The van der Waals surface area contributed by atoms with Gasteiger partial charge in [-0.1, -0.05) is 17.7 Å². The molecule has 27 heavy (non-hydrogen) atoms. The predicted octanol–water partition coefficient (Wildman–Crippen LogP) is 3.23. The molecule has 144 valence electrons. The molecule has 6 nitrogen and oxygen atoms in total. The lowest BCUT2D eigenvalue weighted by molar-refractivity contribution is -0.125. The molecule has 2 aliphatic rings. The van der Waals surface area contributed by atoms with E-state index in [0.29, 0.717) is 24.3 Å². The third-order valence-corrected chi connectivity index (χ3v) is 5.04. The van der Waals surface area contributed by atoms with Crippen LogP contribution in [-0.4, -0.2) is 24.3 Å². The molecule has 2 unspecified atom stereocenters. The summed E-state index contributed by atoms with van der Waals surface area (Å²) in [6.45, 7) is 2.08. The minimum Gasteiger partial charge on any atom is -0.356 e. The first-order chi connectivity index (χ1) is 13.0. The second-order valence-corrected chi connectivity index (χ2v) is 7.35. The molecule has 0 radical (unpaired) electrons. The fraction of sp³-hybridized carbons (Fsp3) is 0.476. The molecule has 0 aromatic heterocycles. The van der Waals surface area contributed by atoms with E-state index in [-0.39, 0.29) is 29.6 Å². The Hall–Kier alpha value is -2.63. The van der Waals surface area contributed by atoms with Crippen LogP contribution in [0.25, 0.3) is 0 Å². The van der Waals surface area contributed by atoms with Crippen LogP contribution in [0, 0.1) is 11.8 Å². The highest BCUT2D eigenvalue weighted by Gasteiger charge is 2.47. The van der Waals surface area contributed by atoms with Gasteiger partial charge in [0.15, 0.2) is 0 Å². The minimum absolute atomic E-state index is 0.0291. The lowest BCUT2D eigenvalue weighted by atomic mass is 9.97. The van der Waals surface area contributed by atoms with Crippen molar-refractivity contribution in [2.45, 2.75) is 45.4 Å². The van der Waals surface area contributed by atoms with E-state index in [4.69, 9.17) is 0 Å². The van der Waals surface area contributed by atoms with Gasteiger partial charge < -0.3 is 16.0 Å². The second-order valence-electron chi connectivity index (χ2n) is 7.35. The van der Waals surface area contributed by atoms with Crippen molar-refractivity contribution in [2.24, 2.45) is 11.8 Å². The summed E-state index contributed by atoms with van der Waals surface area (Å²) in [5, 5.41) is 8.48. The molecule has 2 atom stereocenters. The minimum atomic E-state index is -0.275. The van der Waals surface area contributed by atoms with Gasteiger partial charge in [0.05, 0.1) is 11.8 Å². The van der Waals surface area contributed by atoms with Crippen LogP contribution < -0.4 is 16.0 Å². The molecule has 1 aromatic rings. The van der Waals surface area contributed by atoms with E-state index in [1.54, 1.807) is 24.3 Å². The zero-order valence-corrected chi connectivity index (χ0v) is 15.7. The summed E-state index contributed by atoms with van der Waals surface area (Å²) in [6.07, 6.45) is 8.59. The van der Waals surface area contributed by atoms with E-state index < -0.39 is 0 Å². The third-order valence-electron chi connectivity index (χ3n) is 5.04. The summed E-state index contributed by atoms with van der Waals surface area (Å²) in [4.78, 5) is 35.7. The smallest absolute Gasteiger partial charge is 0.228 e. The van der Waals surface area contributed by atoms with Gasteiger partial charge in [-0.25, -0.2) is 0 Å². The molecule has 1 aromatic carbocycles. The van der Waals surface area contributed by atoms with Gasteiger partial charge >= 0.3 is 0 Å². The number of rotatable bonds is 7. The molecule has 0 saturated heterocycles. The summed E-state index contributed by atoms with van der Waals surface area (Å²) >= 11 is 0. The number of hydrogen-bond donors (Lipinski definition) is 3. The number of carbonyl (C=O) groups is 3. The van der Waals surface area contributed by atoms with Crippen molar-refractivity contribution < 1.29 is 14.4 Å². The Morgan fingerprint density at radius 3 is 2.48 bits per heavy atom. The molecule has 1 fully saturated rings. The van der Waals surface area contributed by atoms with Crippen molar-refractivity contribution in [1.82, 2.24) is 5.32 Å². The van der Waals surface area contributed by atoms with Crippen molar-refractivity contribution in [3.63, 3.8) is 0 Å². The number of nitrogens with one attached hydrogen (secondary N) is 3. The average molecular weight is 369 g/mol. The van der Waals surface area contributed by atoms with Crippen LogP contribution in [0.4, 0.5) is 11.4 Å². The monoisotopic (exact) mass is 369 g/mol. The normalized spacial score (nSPS) is 21.0. The zero-order valence-electron chi connectivity index (χ0n) is 15.7. The van der Waals surface area contributed by atoms with Crippen LogP contribution in [0.3, 0.4) is 0 Å². The highest BCUT2D eigenvalue weighted by molar-refractivity contribution is 6.00. The van der Waals surface area contributed by atoms with E-state index in [0.717, 1.165) is 19.3 Å². The number of amides is 3. The number of carbonyl (C=O) groups excluding carboxylic acids is 3. The number of hydrogen-bond acceptors (Lipinski definition) is 3. The Bertz CT molecular complexity index is 757. The molecule has 0 spiro atoms. The van der Waals surface area contributed by atoms with Crippen LogP contribution >= 0.6 is 0 Å². The molecule has 6 heteroatoms. The molecule has 3 rings (SSSR count). The summed E-state index contributed by atoms with van der Waals surface area (Å²) in [7, 11) is 0. The van der Waals surface area contributed by atoms with Crippen molar-refractivity contribution in [3.05, 3.63) is 35.9 Å². The number of anilines is 2. The molecular weight excluding hydrogens is 342 g/mol. The lowest BCUT2D eigenvalue weighted by Gasteiger charge is -2.13. The van der Waals surface area contributed by atoms with Gasteiger partial charge in [0.2, 0.25) is 17.7 Å². The predicted molar refractivity (Wildman–Crippen MR) is 105 cm³/mol. The van der Waals surface area contributed by atoms with Gasteiger partial charge in [-0.2, -0.15) is 0 Å². The van der Waals surface area contributed by atoms with Gasteiger partial charge in [-0.3, -0.25) is 14.4 Å². The summed E-state index contributed by atoms with van der Waals surface area (Å²) in [5.41, 5.74) is 2.68.